The van der Waals surface area contributed by atoms with Gasteiger partial charge in [-0.1, -0.05) is 53.5 Å². The molecule has 0 aliphatic carbocycles. The van der Waals surface area contributed by atoms with Crippen LogP contribution in [0.1, 0.15) is 15.9 Å². The maximum atomic E-state index is 12.8. The summed E-state index contributed by atoms with van der Waals surface area (Å²) < 4.78 is 0. The van der Waals surface area contributed by atoms with Crippen molar-refractivity contribution in [1.29, 1.82) is 0 Å². The van der Waals surface area contributed by atoms with E-state index in [2.05, 4.69) is 10.2 Å². The van der Waals surface area contributed by atoms with Gasteiger partial charge in [0, 0.05) is 50.0 Å². The van der Waals surface area contributed by atoms with Crippen molar-refractivity contribution in [3.8, 4) is 0 Å². The number of halogens is 2. The van der Waals surface area contributed by atoms with E-state index in [0.29, 0.717) is 54.0 Å². The number of carbonyl (C=O) groups excluding carboxylic acids is 1. The highest BCUT2D eigenvalue weighted by Crippen LogP contribution is 2.30. The third-order valence-electron chi connectivity index (χ3n) is 5.85. The number of rotatable bonds is 7. The number of hydrogen-bond acceptors (Lipinski definition) is 5. The van der Waals surface area contributed by atoms with E-state index < -0.39 is 0 Å². The van der Waals surface area contributed by atoms with Crippen molar-refractivity contribution in [2.75, 3.05) is 42.9 Å². The van der Waals surface area contributed by atoms with Crippen molar-refractivity contribution in [2.24, 2.45) is 0 Å². The first-order valence-corrected chi connectivity index (χ1v) is 11.7. The van der Waals surface area contributed by atoms with Crippen LogP contribution in [0.4, 0.5) is 17.1 Å². The number of nitro groups is 1. The van der Waals surface area contributed by atoms with E-state index in [9.17, 15) is 14.9 Å². The first-order chi connectivity index (χ1) is 16.4. The normalized spacial score (nSPS) is 13.6. The van der Waals surface area contributed by atoms with Crippen LogP contribution in [0.25, 0.3) is 0 Å². The molecule has 0 radical (unpaired) electrons. The fourth-order valence-electron chi connectivity index (χ4n) is 3.99. The molecule has 0 spiro atoms. The Morgan fingerprint density at radius 3 is 2.35 bits per heavy atom. The Morgan fingerprint density at radius 1 is 0.941 bits per heavy atom. The molecule has 7 nitrogen and oxygen atoms in total. The molecule has 1 heterocycles. The molecule has 0 aromatic heterocycles. The molecule has 1 aliphatic rings. The number of amides is 1. The Labute approximate surface area is 208 Å². The summed E-state index contributed by atoms with van der Waals surface area (Å²) in [6.07, 6.45) is 0.762. The van der Waals surface area contributed by atoms with Gasteiger partial charge in [-0.15, -0.1) is 0 Å². The molecule has 0 bridgehead atoms. The molecule has 1 N–H and O–H groups in total. The molecule has 1 aliphatic heterocycles. The van der Waals surface area contributed by atoms with Gasteiger partial charge in [0.2, 0.25) is 0 Å². The number of carbonyl (C=O) groups is 1. The smallest absolute Gasteiger partial charge is 0.292 e. The maximum absolute atomic E-state index is 12.8. The lowest BCUT2D eigenvalue weighted by molar-refractivity contribution is -0.383. The highest BCUT2D eigenvalue weighted by molar-refractivity contribution is 6.42. The molecule has 3 aromatic carbocycles. The molecule has 0 unspecified atom stereocenters. The van der Waals surface area contributed by atoms with Crippen molar-refractivity contribution in [2.45, 2.75) is 6.42 Å². The average molecular weight is 499 g/mol. The predicted octanol–water partition coefficient (Wildman–Crippen LogP) is 5.52. The van der Waals surface area contributed by atoms with Crippen LogP contribution >= 0.6 is 23.2 Å². The van der Waals surface area contributed by atoms with E-state index >= 15 is 0 Å². The van der Waals surface area contributed by atoms with Crippen LogP contribution in [-0.4, -0.2) is 48.5 Å². The van der Waals surface area contributed by atoms with Crippen LogP contribution in [0.15, 0.2) is 66.7 Å². The molecular weight excluding hydrogens is 475 g/mol. The van der Waals surface area contributed by atoms with Gasteiger partial charge in [0.05, 0.1) is 15.0 Å². The number of anilines is 2. The molecule has 176 valence electrons. The maximum Gasteiger partial charge on any atom is 0.292 e. The zero-order chi connectivity index (χ0) is 24.1. The van der Waals surface area contributed by atoms with Crippen molar-refractivity contribution in [3.05, 3.63) is 98.0 Å². The van der Waals surface area contributed by atoms with Crippen LogP contribution in [-0.2, 0) is 6.42 Å². The van der Waals surface area contributed by atoms with E-state index in [1.807, 2.05) is 36.4 Å². The molecule has 1 amide bonds. The molecule has 3 aromatic rings. The first-order valence-electron chi connectivity index (χ1n) is 11.0. The van der Waals surface area contributed by atoms with E-state index in [-0.39, 0.29) is 16.5 Å². The standard InChI is InChI=1S/C25H24Cl2N4O3/c26-21-8-6-19(16-22(21)27)25(32)30-14-12-29(13-15-30)20-7-9-24(31(33)34)23(17-20)28-11-10-18-4-2-1-3-5-18/h1-9,16-17,28H,10-15H2. The summed E-state index contributed by atoms with van der Waals surface area (Å²) in [5.74, 6) is -0.0924. The van der Waals surface area contributed by atoms with Gasteiger partial charge in [0.1, 0.15) is 5.69 Å². The van der Waals surface area contributed by atoms with Crippen LogP contribution < -0.4 is 10.2 Å². The van der Waals surface area contributed by atoms with Crippen molar-refractivity contribution in [1.82, 2.24) is 4.90 Å². The molecule has 1 saturated heterocycles. The Hall–Kier alpha value is -3.29. The summed E-state index contributed by atoms with van der Waals surface area (Å²) in [5, 5.41) is 15.5. The summed E-state index contributed by atoms with van der Waals surface area (Å²) >= 11 is 12.0. The van der Waals surface area contributed by atoms with E-state index in [4.69, 9.17) is 23.2 Å². The van der Waals surface area contributed by atoms with Gasteiger partial charge in [0.15, 0.2) is 0 Å². The number of piperazine rings is 1. The number of nitrogens with one attached hydrogen (secondary N) is 1. The average Bonchev–Trinajstić information content (AvgIpc) is 2.86. The first kappa shape index (κ1) is 23.9. The molecule has 34 heavy (non-hydrogen) atoms. The molecule has 9 heteroatoms. The van der Waals surface area contributed by atoms with Crippen LogP contribution in [0, 0.1) is 10.1 Å². The zero-order valence-electron chi connectivity index (χ0n) is 18.4. The van der Waals surface area contributed by atoms with Crippen LogP contribution in [0.3, 0.4) is 0 Å². The van der Waals surface area contributed by atoms with Crippen LogP contribution in [0.5, 0.6) is 0 Å². The second kappa shape index (κ2) is 10.8. The van der Waals surface area contributed by atoms with Gasteiger partial charge < -0.3 is 15.1 Å². The topological polar surface area (TPSA) is 78.7 Å². The largest absolute Gasteiger partial charge is 0.379 e. The molecule has 0 saturated carbocycles. The van der Waals surface area contributed by atoms with Gasteiger partial charge in [0.25, 0.3) is 11.6 Å². The Bertz CT molecular complexity index is 1180. The lowest BCUT2D eigenvalue weighted by Crippen LogP contribution is -2.48. The fraction of sp³-hybridized carbons (Fsp3) is 0.240. The summed E-state index contributed by atoms with van der Waals surface area (Å²) in [5.41, 5.74) is 3.09. The molecule has 1 fully saturated rings. The SMILES string of the molecule is O=C(c1ccc(Cl)c(Cl)c1)N1CCN(c2ccc([N+](=O)[O-])c(NCCc3ccccc3)c2)CC1. The van der Waals surface area contributed by atoms with Crippen molar-refractivity contribution < 1.29 is 9.72 Å². The lowest BCUT2D eigenvalue weighted by atomic mass is 10.1. The summed E-state index contributed by atoms with van der Waals surface area (Å²) in [7, 11) is 0. The van der Waals surface area contributed by atoms with E-state index in [1.165, 1.54) is 6.07 Å². The predicted molar refractivity (Wildman–Crippen MR) is 136 cm³/mol. The number of nitro benzene ring substituents is 1. The quantitative estimate of drug-likeness (QED) is 0.342. The second-order valence-corrected chi connectivity index (χ2v) is 8.84. The van der Waals surface area contributed by atoms with Gasteiger partial charge in [-0.3, -0.25) is 14.9 Å². The second-order valence-electron chi connectivity index (χ2n) is 8.03. The minimum Gasteiger partial charge on any atom is -0.379 e. The van der Waals surface area contributed by atoms with Crippen LogP contribution in [0.2, 0.25) is 10.0 Å². The Kier molecular flexibility index (Phi) is 7.55. The summed E-state index contributed by atoms with van der Waals surface area (Å²) in [6, 6.07) is 20.0. The zero-order valence-corrected chi connectivity index (χ0v) is 19.9. The van der Waals surface area contributed by atoms with Gasteiger partial charge in [-0.05, 0) is 42.3 Å². The highest BCUT2D eigenvalue weighted by Gasteiger charge is 2.24. The van der Waals surface area contributed by atoms with Gasteiger partial charge in [-0.2, -0.15) is 0 Å². The minimum absolute atomic E-state index is 0.0465. The summed E-state index contributed by atoms with van der Waals surface area (Å²) in [4.78, 5) is 27.9. The van der Waals surface area contributed by atoms with E-state index in [0.717, 1.165) is 17.7 Å². The van der Waals surface area contributed by atoms with Crippen molar-refractivity contribution in [3.63, 3.8) is 0 Å². The molecular formula is C25H24Cl2N4O3. The van der Waals surface area contributed by atoms with Gasteiger partial charge in [-0.25, -0.2) is 0 Å². The Balaban J connectivity index is 1.41. The Morgan fingerprint density at radius 2 is 1.68 bits per heavy atom. The van der Waals surface area contributed by atoms with E-state index in [1.54, 1.807) is 29.2 Å². The molecule has 0 atom stereocenters. The summed E-state index contributed by atoms with van der Waals surface area (Å²) in [6.45, 7) is 2.89. The highest BCUT2D eigenvalue weighted by atomic mass is 35.5. The number of benzene rings is 3. The van der Waals surface area contributed by atoms with Gasteiger partial charge >= 0.3 is 0 Å². The van der Waals surface area contributed by atoms with Crippen molar-refractivity contribution >= 4 is 46.2 Å². The fourth-order valence-corrected chi connectivity index (χ4v) is 4.29. The monoisotopic (exact) mass is 498 g/mol. The lowest BCUT2D eigenvalue weighted by Gasteiger charge is -2.36. The molecule has 4 rings (SSSR count). The third kappa shape index (κ3) is 5.61. The minimum atomic E-state index is -0.373. The number of nitrogens with zero attached hydrogens (tertiary/aromatic N) is 3. The third-order valence-corrected chi connectivity index (χ3v) is 6.59. The number of hydrogen-bond donors (Lipinski definition) is 1.